The van der Waals surface area contributed by atoms with Crippen molar-refractivity contribution in [1.82, 2.24) is 10.2 Å². The first-order valence-electron chi connectivity index (χ1n) is 8.11. The van der Waals surface area contributed by atoms with E-state index in [2.05, 4.69) is 5.32 Å². The number of amides is 2. The van der Waals surface area contributed by atoms with Crippen molar-refractivity contribution in [2.24, 2.45) is 5.73 Å². The van der Waals surface area contributed by atoms with E-state index in [1.807, 2.05) is 4.90 Å². The summed E-state index contributed by atoms with van der Waals surface area (Å²) in [4.78, 5) is 25.9. The molecule has 6 heteroatoms. The molecule has 0 bridgehead atoms. The lowest BCUT2D eigenvalue weighted by Crippen LogP contribution is -2.50. The third kappa shape index (κ3) is 5.32. The number of rotatable bonds is 6. The highest BCUT2D eigenvalue weighted by molar-refractivity contribution is 5.79. The van der Waals surface area contributed by atoms with Crippen LogP contribution < -0.4 is 11.1 Å². The summed E-state index contributed by atoms with van der Waals surface area (Å²) in [5.41, 5.74) is 6.03. The normalized spacial score (nSPS) is 17.8. The van der Waals surface area contributed by atoms with Gasteiger partial charge in [-0.2, -0.15) is 0 Å². The lowest BCUT2D eigenvalue weighted by molar-refractivity contribution is -0.134. The maximum Gasteiger partial charge on any atom is 0.227 e. The molecule has 0 aliphatic carbocycles. The summed E-state index contributed by atoms with van der Waals surface area (Å²) in [6.45, 7) is 1.46. The van der Waals surface area contributed by atoms with E-state index in [-0.39, 0.29) is 30.1 Å². The zero-order valence-corrected chi connectivity index (χ0v) is 13.3. The largest absolute Gasteiger partial charge is 0.354 e. The molecule has 2 amide bonds. The highest BCUT2D eigenvalue weighted by atomic mass is 19.1. The Balaban J connectivity index is 1.94. The number of carbonyl (C=O) groups is 2. The van der Waals surface area contributed by atoms with E-state index < -0.39 is 0 Å². The molecule has 1 aliphatic rings. The molecule has 3 N–H and O–H groups in total. The molecule has 0 aromatic heterocycles. The summed E-state index contributed by atoms with van der Waals surface area (Å²) in [7, 11) is 0. The van der Waals surface area contributed by atoms with Gasteiger partial charge in [0.25, 0.3) is 0 Å². The number of hydrogen-bond acceptors (Lipinski definition) is 3. The predicted octanol–water partition coefficient (Wildman–Crippen LogP) is 1.21. The zero-order chi connectivity index (χ0) is 16.7. The number of likely N-dealkylation sites (tertiary alicyclic amines) is 1. The molecule has 1 aliphatic heterocycles. The SMILES string of the molecule is NCCC(=O)NCC1CCCCN1C(=O)Cc1cccc(F)c1. The fourth-order valence-electron chi connectivity index (χ4n) is 2.92. The second-order valence-corrected chi connectivity index (χ2v) is 5.89. The number of nitrogens with one attached hydrogen (secondary N) is 1. The van der Waals surface area contributed by atoms with Gasteiger partial charge in [-0.25, -0.2) is 4.39 Å². The van der Waals surface area contributed by atoms with E-state index >= 15 is 0 Å². The minimum atomic E-state index is -0.334. The number of carbonyl (C=O) groups excluding carboxylic acids is 2. The fraction of sp³-hybridized carbons (Fsp3) is 0.529. The summed E-state index contributed by atoms with van der Waals surface area (Å²) in [5.74, 6) is -0.441. The van der Waals surface area contributed by atoms with E-state index in [0.717, 1.165) is 19.3 Å². The van der Waals surface area contributed by atoms with Crippen LogP contribution in [0.15, 0.2) is 24.3 Å². The van der Waals surface area contributed by atoms with Crippen LogP contribution in [0.4, 0.5) is 4.39 Å². The van der Waals surface area contributed by atoms with Gasteiger partial charge in [0.1, 0.15) is 5.82 Å². The minimum absolute atomic E-state index is 0.00605. The lowest BCUT2D eigenvalue weighted by atomic mass is 10.0. The van der Waals surface area contributed by atoms with Crippen LogP contribution in [0.5, 0.6) is 0 Å². The van der Waals surface area contributed by atoms with Crippen LogP contribution in [0.3, 0.4) is 0 Å². The van der Waals surface area contributed by atoms with Crippen LogP contribution in [-0.2, 0) is 16.0 Å². The van der Waals surface area contributed by atoms with Crippen molar-refractivity contribution in [2.75, 3.05) is 19.6 Å². The van der Waals surface area contributed by atoms with Gasteiger partial charge < -0.3 is 16.0 Å². The number of halogens is 1. The first-order valence-corrected chi connectivity index (χ1v) is 8.11. The minimum Gasteiger partial charge on any atom is -0.354 e. The average Bonchev–Trinajstić information content (AvgIpc) is 2.53. The molecule has 0 saturated carbocycles. The Morgan fingerprint density at radius 3 is 2.91 bits per heavy atom. The van der Waals surface area contributed by atoms with Gasteiger partial charge in [-0.1, -0.05) is 12.1 Å². The number of hydrogen-bond donors (Lipinski definition) is 2. The molecule has 1 aromatic carbocycles. The Labute approximate surface area is 136 Å². The van der Waals surface area contributed by atoms with Crippen molar-refractivity contribution in [2.45, 2.75) is 38.1 Å². The third-order valence-corrected chi connectivity index (χ3v) is 4.10. The van der Waals surface area contributed by atoms with E-state index in [0.29, 0.717) is 31.6 Å². The molecule has 1 saturated heterocycles. The molecule has 1 heterocycles. The fourth-order valence-corrected chi connectivity index (χ4v) is 2.92. The third-order valence-electron chi connectivity index (χ3n) is 4.10. The Morgan fingerprint density at radius 1 is 1.35 bits per heavy atom. The van der Waals surface area contributed by atoms with Crippen molar-refractivity contribution >= 4 is 11.8 Å². The molecule has 1 unspecified atom stereocenters. The van der Waals surface area contributed by atoms with Crippen LogP contribution in [0.25, 0.3) is 0 Å². The maximum atomic E-state index is 13.2. The monoisotopic (exact) mass is 321 g/mol. The van der Waals surface area contributed by atoms with Crippen LogP contribution in [0, 0.1) is 5.82 Å². The molecule has 0 spiro atoms. The molecule has 2 rings (SSSR count). The average molecular weight is 321 g/mol. The predicted molar refractivity (Wildman–Crippen MR) is 86.1 cm³/mol. The van der Waals surface area contributed by atoms with Crippen LogP contribution in [-0.4, -0.2) is 42.4 Å². The van der Waals surface area contributed by atoms with Gasteiger partial charge in [-0.05, 0) is 37.0 Å². The molecule has 1 aromatic rings. The standard InChI is InChI=1S/C17H24FN3O2/c18-14-5-3-4-13(10-14)11-17(23)21-9-2-1-6-15(21)12-20-16(22)7-8-19/h3-5,10,15H,1-2,6-9,11-12,19H2,(H,20,22). The topological polar surface area (TPSA) is 75.4 Å². The number of piperidine rings is 1. The Kier molecular flexibility index (Phi) is 6.52. The van der Waals surface area contributed by atoms with Gasteiger partial charge >= 0.3 is 0 Å². The number of nitrogens with two attached hydrogens (primary N) is 1. The van der Waals surface area contributed by atoms with Crippen LogP contribution >= 0.6 is 0 Å². The molecular weight excluding hydrogens is 297 g/mol. The van der Waals surface area contributed by atoms with Crippen LogP contribution in [0.1, 0.15) is 31.2 Å². The summed E-state index contributed by atoms with van der Waals surface area (Å²) >= 11 is 0. The summed E-state index contributed by atoms with van der Waals surface area (Å²) < 4.78 is 13.2. The van der Waals surface area contributed by atoms with Gasteiger partial charge in [0.15, 0.2) is 0 Å². The highest BCUT2D eigenvalue weighted by Gasteiger charge is 2.26. The summed E-state index contributed by atoms with van der Waals surface area (Å²) in [6.07, 6.45) is 3.36. The van der Waals surface area contributed by atoms with Gasteiger partial charge in [0, 0.05) is 32.1 Å². The second-order valence-electron chi connectivity index (χ2n) is 5.89. The molecule has 1 atom stereocenters. The Hall–Kier alpha value is -1.95. The quantitative estimate of drug-likeness (QED) is 0.827. The smallest absolute Gasteiger partial charge is 0.227 e. The van der Waals surface area contributed by atoms with E-state index in [1.165, 1.54) is 12.1 Å². The Morgan fingerprint density at radius 2 is 2.17 bits per heavy atom. The first-order chi connectivity index (χ1) is 11.1. The highest BCUT2D eigenvalue weighted by Crippen LogP contribution is 2.18. The van der Waals surface area contributed by atoms with Crippen molar-refractivity contribution in [1.29, 1.82) is 0 Å². The molecule has 23 heavy (non-hydrogen) atoms. The molecule has 1 fully saturated rings. The molecule has 5 nitrogen and oxygen atoms in total. The lowest BCUT2D eigenvalue weighted by Gasteiger charge is -2.36. The Bertz CT molecular complexity index is 550. The molecule has 126 valence electrons. The first kappa shape index (κ1) is 17.4. The second kappa shape index (κ2) is 8.62. The molecular formula is C17H24FN3O2. The summed E-state index contributed by atoms with van der Waals surface area (Å²) in [6, 6.07) is 6.12. The van der Waals surface area contributed by atoms with Crippen molar-refractivity contribution in [3.05, 3.63) is 35.6 Å². The van der Waals surface area contributed by atoms with Gasteiger partial charge in [0.05, 0.1) is 6.42 Å². The van der Waals surface area contributed by atoms with Crippen molar-refractivity contribution in [3.8, 4) is 0 Å². The van der Waals surface area contributed by atoms with E-state index in [9.17, 15) is 14.0 Å². The number of nitrogens with zero attached hydrogens (tertiary/aromatic N) is 1. The van der Waals surface area contributed by atoms with E-state index in [1.54, 1.807) is 12.1 Å². The van der Waals surface area contributed by atoms with Crippen molar-refractivity contribution < 1.29 is 14.0 Å². The van der Waals surface area contributed by atoms with Gasteiger partial charge in [0.2, 0.25) is 11.8 Å². The summed E-state index contributed by atoms with van der Waals surface area (Å²) in [5, 5.41) is 2.84. The number of benzene rings is 1. The zero-order valence-electron chi connectivity index (χ0n) is 13.3. The van der Waals surface area contributed by atoms with Crippen molar-refractivity contribution in [3.63, 3.8) is 0 Å². The maximum absolute atomic E-state index is 13.2. The van der Waals surface area contributed by atoms with E-state index in [4.69, 9.17) is 5.73 Å². The van der Waals surface area contributed by atoms with Crippen LogP contribution in [0.2, 0.25) is 0 Å². The van der Waals surface area contributed by atoms with Gasteiger partial charge in [-0.3, -0.25) is 9.59 Å². The van der Waals surface area contributed by atoms with Gasteiger partial charge in [-0.15, -0.1) is 0 Å². The molecule has 0 radical (unpaired) electrons.